The molecule has 4 nitrogen and oxygen atoms in total. The van der Waals surface area contributed by atoms with E-state index in [4.69, 9.17) is 11.6 Å². The van der Waals surface area contributed by atoms with Gasteiger partial charge in [-0.15, -0.1) is 0 Å². The van der Waals surface area contributed by atoms with E-state index in [-0.39, 0.29) is 5.82 Å². The maximum absolute atomic E-state index is 13.5. The molecule has 26 heavy (non-hydrogen) atoms. The maximum Gasteiger partial charge on any atom is 0.147 e. The summed E-state index contributed by atoms with van der Waals surface area (Å²) in [5.41, 5.74) is 2.20. The minimum absolute atomic E-state index is 0.178. The van der Waals surface area contributed by atoms with Gasteiger partial charge in [0.25, 0.3) is 0 Å². The van der Waals surface area contributed by atoms with Crippen molar-refractivity contribution in [3.8, 4) is 0 Å². The van der Waals surface area contributed by atoms with Crippen LogP contribution in [0, 0.1) is 5.82 Å². The van der Waals surface area contributed by atoms with Crippen LogP contribution in [0.5, 0.6) is 0 Å². The lowest BCUT2D eigenvalue weighted by Gasteiger charge is -2.35. The number of aromatic nitrogens is 2. The zero-order chi connectivity index (χ0) is 17.9. The molecule has 4 rings (SSSR count). The summed E-state index contributed by atoms with van der Waals surface area (Å²) in [6, 6.07) is 8.67. The van der Waals surface area contributed by atoms with Crippen LogP contribution >= 0.6 is 11.6 Å². The van der Waals surface area contributed by atoms with E-state index >= 15 is 0 Å². The number of rotatable bonds is 5. The van der Waals surface area contributed by atoms with Gasteiger partial charge in [-0.2, -0.15) is 0 Å². The van der Waals surface area contributed by atoms with Crippen LogP contribution in [0.4, 0.5) is 10.2 Å². The zero-order valence-electron chi connectivity index (χ0n) is 14.6. The molecule has 3 heterocycles. The highest BCUT2D eigenvalue weighted by molar-refractivity contribution is 6.32. The number of aryl methyl sites for hydroxylation is 1. The molecule has 0 bridgehead atoms. The summed E-state index contributed by atoms with van der Waals surface area (Å²) >= 11 is 6.25. The highest BCUT2D eigenvalue weighted by atomic mass is 35.5. The molecule has 0 radical (unpaired) electrons. The molecule has 136 valence electrons. The molecule has 1 aliphatic rings. The van der Waals surface area contributed by atoms with Crippen LogP contribution in [0.15, 0.2) is 42.7 Å². The van der Waals surface area contributed by atoms with Gasteiger partial charge in [0.2, 0.25) is 0 Å². The number of nitrogens with one attached hydrogen (secondary N) is 1. The Labute approximate surface area is 157 Å². The van der Waals surface area contributed by atoms with Crippen molar-refractivity contribution in [1.29, 1.82) is 0 Å². The van der Waals surface area contributed by atoms with Crippen molar-refractivity contribution in [2.45, 2.75) is 12.8 Å². The van der Waals surface area contributed by atoms with E-state index in [1.807, 2.05) is 18.3 Å². The van der Waals surface area contributed by atoms with Crippen molar-refractivity contribution in [3.05, 3.63) is 59.1 Å². The van der Waals surface area contributed by atoms with E-state index in [1.165, 1.54) is 11.6 Å². The molecule has 1 aromatic carbocycles. The Morgan fingerprint density at radius 3 is 2.81 bits per heavy atom. The first-order valence-corrected chi connectivity index (χ1v) is 9.42. The topological polar surface area (TPSA) is 35.2 Å². The summed E-state index contributed by atoms with van der Waals surface area (Å²) in [5.74, 6) is 0.706. The summed E-state index contributed by atoms with van der Waals surface area (Å²) < 4.78 is 13.5. The number of pyridine rings is 1. The molecule has 6 heteroatoms. The predicted octanol–water partition coefficient (Wildman–Crippen LogP) is 4.11. The number of nitrogens with zero attached hydrogens (tertiary/aromatic N) is 3. The summed E-state index contributed by atoms with van der Waals surface area (Å²) in [5, 5.41) is 1.71. The van der Waals surface area contributed by atoms with Gasteiger partial charge < -0.3 is 9.88 Å². The lowest BCUT2D eigenvalue weighted by atomic mass is 10.1. The van der Waals surface area contributed by atoms with E-state index in [9.17, 15) is 4.39 Å². The minimum Gasteiger partial charge on any atom is -0.361 e. The van der Waals surface area contributed by atoms with Gasteiger partial charge in [-0.3, -0.25) is 4.90 Å². The number of halogens is 2. The van der Waals surface area contributed by atoms with Gasteiger partial charge >= 0.3 is 0 Å². The Hall–Kier alpha value is -2.11. The van der Waals surface area contributed by atoms with Crippen LogP contribution < -0.4 is 4.90 Å². The van der Waals surface area contributed by atoms with Crippen LogP contribution in [-0.2, 0) is 6.42 Å². The molecule has 0 unspecified atom stereocenters. The molecule has 1 saturated heterocycles. The molecule has 2 aromatic heterocycles. The van der Waals surface area contributed by atoms with E-state index in [2.05, 4.69) is 19.8 Å². The maximum atomic E-state index is 13.5. The van der Waals surface area contributed by atoms with Crippen LogP contribution in [-0.4, -0.2) is 47.6 Å². The summed E-state index contributed by atoms with van der Waals surface area (Å²) in [6.45, 7) is 4.95. The quantitative estimate of drug-likeness (QED) is 0.732. The zero-order valence-corrected chi connectivity index (χ0v) is 15.3. The fraction of sp³-hybridized carbons (Fsp3) is 0.350. The number of fused-ring (bicyclic) bond motifs is 1. The lowest BCUT2D eigenvalue weighted by Crippen LogP contribution is -2.47. The monoisotopic (exact) mass is 372 g/mol. The normalized spacial score (nSPS) is 15.7. The standard InChI is InChI=1S/C20H22ClFN4/c21-18-4-1-7-23-20(18)26-11-9-25(10-12-26)8-2-3-15-14-24-19-6-5-16(22)13-17(15)19/h1,4-7,13-14,24H,2-3,8-12H2. The average Bonchev–Trinajstić information content (AvgIpc) is 3.05. The lowest BCUT2D eigenvalue weighted by molar-refractivity contribution is 0.254. The molecule has 0 spiro atoms. The molecular formula is C20H22ClFN4. The third-order valence-corrected chi connectivity index (χ3v) is 5.36. The Balaban J connectivity index is 1.28. The predicted molar refractivity (Wildman–Crippen MR) is 104 cm³/mol. The molecule has 0 saturated carbocycles. The number of hydrogen-bond donors (Lipinski definition) is 1. The van der Waals surface area contributed by atoms with Gasteiger partial charge in [-0.1, -0.05) is 11.6 Å². The molecule has 1 fully saturated rings. The van der Waals surface area contributed by atoms with Gasteiger partial charge in [0.1, 0.15) is 11.6 Å². The first-order chi connectivity index (χ1) is 12.7. The molecule has 0 aliphatic carbocycles. The van der Waals surface area contributed by atoms with E-state index in [0.717, 1.165) is 62.3 Å². The second kappa shape index (κ2) is 7.64. The van der Waals surface area contributed by atoms with Gasteiger partial charge in [0, 0.05) is 49.5 Å². The van der Waals surface area contributed by atoms with Crippen molar-refractivity contribution in [3.63, 3.8) is 0 Å². The number of H-pyrrole nitrogens is 1. The van der Waals surface area contributed by atoms with Crippen LogP contribution in [0.1, 0.15) is 12.0 Å². The van der Waals surface area contributed by atoms with Gasteiger partial charge in [-0.25, -0.2) is 9.37 Å². The van der Waals surface area contributed by atoms with E-state index in [0.29, 0.717) is 5.02 Å². The average molecular weight is 373 g/mol. The fourth-order valence-electron chi connectivity index (χ4n) is 3.64. The Bertz CT molecular complexity index is 886. The fourth-order valence-corrected chi connectivity index (χ4v) is 3.88. The molecule has 1 aliphatic heterocycles. The third-order valence-electron chi connectivity index (χ3n) is 5.06. The Morgan fingerprint density at radius 2 is 2.00 bits per heavy atom. The minimum atomic E-state index is -0.178. The van der Waals surface area contributed by atoms with Crippen molar-refractivity contribution in [1.82, 2.24) is 14.9 Å². The van der Waals surface area contributed by atoms with E-state index < -0.39 is 0 Å². The Morgan fingerprint density at radius 1 is 1.15 bits per heavy atom. The number of hydrogen-bond acceptors (Lipinski definition) is 3. The summed E-state index contributed by atoms with van der Waals surface area (Å²) in [4.78, 5) is 12.4. The molecule has 0 amide bonds. The Kier molecular flexibility index (Phi) is 5.09. The molecular weight excluding hydrogens is 351 g/mol. The molecule has 3 aromatic rings. The highest BCUT2D eigenvalue weighted by Gasteiger charge is 2.19. The second-order valence-corrected chi connectivity index (χ2v) is 7.15. The molecule has 0 atom stereocenters. The number of piperazine rings is 1. The van der Waals surface area contributed by atoms with Crippen molar-refractivity contribution < 1.29 is 4.39 Å². The van der Waals surface area contributed by atoms with Crippen molar-refractivity contribution in [2.75, 3.05) is 37.6 Å². The van der Waals surface area contributed by atoms with Crippen molar-refractivity contribution >= 4 is 28.3 Å². The second-order valence-electron chi connectivity index (χ2n) is 6.74. The van der Waals surface area contributed by atoms with Crippen LogP contribution in [0.2, 0.25) is 5.02 Å². The van der Waals surface area contributed by atoms with Crippen LogP contribution in [0.3, 0.4) is 0 Å². The van der Waals surface area contributed by atoms with E-state index in [1.54, 1.807) is 18.3 Å². The number of benzene rings is 1. The largest absolute Gasteiger partial charge is 0.361 e. The number of aromatic amines is 1. The van der Waals surface area contributed by atoms with Gasteiger partial charge in [0.05, 0.1) is 5.02 Å². The third kappa shape index (κ3) is 3.69. The first-order valence-electron chi connectivity index (χ1n) is 9.04. The first kappa shape index (κ1) is 17.3. The smallest absolute Gasteiger partial charge is 0.147 e. The van der Waals surface area contributed by atoms with Crippen molar-refractivity contribution in [2.24, 2.45) is 0 Å². The SMILES string of the molecule is Fc1ccc2[nH]cc(CCCN3CCN(c4ncccc4Cl)CC3)c2c1. The van der Waals surface area contributed by atoms with Gasteiger partial charge in [0.15, 0.2) is 0 Å². The highest BCUT2D eigenvalue weighted by Crippen LogP contribution is 2.24. The van der Waals surface area contributed by atoms with Gasteiger partial charge in [-0.05, 0) is 55.3 Å². The summed E-state index contributed by atoms with van der Waals surface area (Å²) in [7, 11) is 0. The molecule has 1 N–H and O–H groups in total. The van der Waals surface area contributed by atoms with Crippen LogP contribution in [0.25, 0.3) is 10.9 Å². The summed E-state index contributed by atoms with van der Waals surface area (Å²) in [6.07, 6.45) is 5.81. The number of anilines is 1.